The van der Waals surface area contributed by atoms with Crippen LogP contribution in [-0.2, 0) is 13.0 Å². The van der Waals surface area contributed by atoms with Gasteiger partial charge in [0.05, 0.1) is 5.52 Å². The lowest BCUT2D eigenvalue weighted by atomic mass is 10.0. The fraction of sp³-hybridized carbons (Fsp3) is 0.208. The molecule has 4 aromatic rings. The van der Waals surface area contributed by atoms with Crippen LogP contribution in [0.3, 0.4) is 0 Å². The second-order valence-electron chi connectivity index (χ2n) is 7.34. The van der Waals surface area contributed by atoms with Crippen LogP contribution in [0.5, 0.6) is 0 Å². The van der Waals surface area contributed by atoms with Gasteiger partial charge < -0.3 is 10.3 Å². The highest BCUT2D eigenvalue weighted by molar-refractivity contribution is 6.35. The zero-order valence-electron chi connectivity index (χ0n) is 16.2. The zero-order chi connectivity index (χ0) is 20.5. The number of amides is 1. The Labute approximate surface area is 180 Å². The number of unbranched alkanes of at least 4 members (excludes halogenated alkanes) is 1. The van der Waals surface area contributed by atoms with Gasteiger partial charge in [-0.25, -0.2) is 0 Å². The summed E-state index contributed by atoms with van der Waals surface area (Å²) in [5.74, 6) is -0.422. The molecule has 29 heavy (non-hydrogen) atoms. The fourth-order valence-corrected chi connectivity index (χ4v) is 4.39. The van der Waals surface area contributed by atoms with Gasteiger partial charge in [0.2, 0.25) is 5.91 Å². The largest absolute Gasteiger partial charge is 0.366 e. The average Bonchev–Trinajstić information content (AvgIpc) is 3.01. The second kappa shape index (κ2) is 8.10. The third kappa shape index (κ3) is 3.73. The summed E-state index contributed by atoms with van der Waals surface area (Å²) in [6.45, 7) is 2.77. The fourth-order valence-electron chi connectivity index (χ4n) is 3.92. The summed E-state index contributed by atoms with van der Waals surface area (Å²) in [5, 5.41) is 3.15. The number of benzene rings is 3. The molecule has 5 heteroatoms. The van der Waals surface area contributed by atoms with Gasteiger partial charge in [0.15, 0.2) is 0 Å². The van der Waals surface area contributed by atoms with Gasteiger partial charge in [-0.3, -0.25) is 4.79 Å². The molecule has 0 aliphatic carbocycles. The Morgan fingerprint density at radius 1 is 1.03 bits per heavy atom. The minimum Gasteiger partial charge on any atom is -0.366 e. The lowest BCUT2D eigenvalue weighted by Gasteiger charge is -2.11. The van der Waals surface area contributed by atoms with Gasteiger partial charge in [-0.15, -0.1) is 0 Å². The van der Waals surface area contributed by atoms with Crippen LogP contribution in [-0.4, -0.2) is 10.5 Å². The average molecular weight is 425 g/mol. The normalized spacial score (nSPS) is 11.4. The van der Waals surface area contributed by atoms with Crippen molar-refractivity contribution >= 4 is 50.9 Å². The molecule has 1 heterocycles. The molecule has 3 nitrogen and oxygen atoms in total. The number of aromatic nitrogens is 1. The predicted octanol–water partition coefficient (Wildman–Crippen LogP) is 6.59. The summed E-state index contributed by atoms with van der Waals surface area (Å²) < 4.78 is 2.21. The SMILES string of the molecule is CCCCc1ccc2c3c(C(N)=O)cccc3n(Cc3ccc(Cl)cc3Cl)c2c1. The lowest BCUT2D eigenvalue weighted by Crippen LogP contribution is -2.11. The maximum Gasteiger partial charge on any atom is 0.249 e. The first-order valence-electron chi connectivity index (χ1n) is 9.77. The Balaban J connectivity index is 1.98. The number of halogens is 2. The number of carbonyl (C=O) groups excluding carboxylic acids is 1. The molecule has 2 N–H and O–H groups in total. The van der Waals surface area contributed by atoms with E-state index in [9.17, 15) is 4.79 Å². The molecule has 148 valence electrons. The Morgan fingerprint density at radius 2 is 1.86 bits per heavy atom. The summed E-state index contributed by atoms with van der Waals surface area (Å²) in [5.41, 5.74) is 10.5. The number of hydrogen-bond donors (Lipinski definition) is 1. The van der Waals surface area contributed by atoms with Gasteiger partial charge >= 0.3 is 0 Å². The first-order chi connectivity index (χ1) is 14.0. The third-order valence-electron chi connectivity index (χ3n) is 5.38. The van der Waals surface area contributed by atoms with Gasteiger partial charge in [0.1, 0.15) is 0 Å². The van der Waals surface area contributed by atoms with E-state index in [0.717, 1.165) is 46.6 Å². The van der Waals surface area contributed by atoms with Crippen molar-refractivity contribution < 1.29 is 4.79 Å². The molecule has 0 bridgehead atoms. The van der Waals surface area contributed by atoms with Crippen LogP contribution in [0.4, 0.5) is 0 Å². The smallest absolute Gasteiger partial charge is 0.249 e. The Bertz CT molecular complexity index is 1230. The van der Waals surface area contributed by atoms with Crippen molar-refractivity contribution in [3.8, 4) is 0 Å². The molecule has 0 saturated carbocycles. The number of aryl methyl sites for hydroxylation is 1. The van der Waals surface area contributed by atoms with E-state index in [4.69, 9.17) is 28.9 Å². The number of carbonyl (C=O) groups is 1. The summed E-state index contributed by atoms with van der Waals surface area (Å²) >= 11 is 12.5. The van der Waals surface area contributed by atoms with E-state index in [-0.39, 0.29) is 0 Å². The van der Waals surface area contributed by atoms with E-state index in [1.165, 1.54) is 5.56 Å². The van der Waals surface area contributed by atoms with Crippen molar-refractivity contribution in [2.24, 2.45) is 5.73 Å². The minimum absolute atomic E-state index is 0.422. The van der Waals surface area contributed by atoms with Gasteiger partial charge in [-0.05, 0) is 54.3 Å². The van der Waals surface area contributed by atoms with Crippen molar-refractivity contribution in [1.82, 2.24) is 4.57 Å². The summed E-state index contributed by atoms with van der Waals surface area (Å²) in [7, 11) is 0. The number of hydrogen-bond acceptors (Lipinski definition) is 1. The molecule has 0 fully saturated rings. The van der Waals surface area contributed by atoms with E-state index in [1.54, 1.807) is 12.1 Å². The van der Waals surface area contributed by atoms with E-state index in [0.29, 0.717) is 22.2 Å². The van der Waals surface area contributed by atoms with Crippen LogP contribution in [0.1, 0.15) is 41.3 Å². The number of nitrogens with two attached hydrogens (primary N) is 1. The molecule has 0 atom stereocenters. The number of fused-ring (bicyclic) bond motifs is 3. The van der Waals surface area contributed by atoms with Gasteiger partial charge in [-0.1, -0.05) is 60.8 Å². The second-order valence-corrected chi connectivity index (χ2v) is 8.18. The quantitative estimate of drug-likeness (QED) is 0.372. The van der Waals surface area contributed by atoms with E-state index in [2.05, 4.69) is 29.7 Å². The highest BCUT2D eigenvalue weighted by atomic mass is 35.5. The molecule has 3 aromatic carbocycles. The molecule has 0 spiro atoms. The predicted molar refractivity (Wildman–Crippen MR) is 122 cm³/mol. The van der Waals surface area contributed by atoms with E-state index >= 15 is 0 Å². The molecular weight excluding hydrogens is 403 g/mol. The lowest BCUT2D eigenvalue weighted by molar-refractivity contribution is 0.100. The van der Waals surface area contributed by atoms with E-state index < -0.39 is 5.91 Å². The number of primary amides is 1. The van der Waals surface area contributed by atoms with Crippen molar-refractivity contribution in [2.45, 2.75) is 32.7 Å². The zero-order valence-corrected chi connectivity index (χ0v) is 17.7. The van der Waals surface area contributed by atoms with Crippen LogP contribution in [0.2, 0.25) is 10.0 Å². The van der Waals surface area contributed by atoms with Gasteiger partial charge in [-0.2, -0.15) is 0 Å². The maximum absolute atomic E-state index is 12.1. The molecule has 0 aliphatic heterocycles. The highest BCUT2D eigenvalue weighted by Gasteiger charge is 2.17. The molecule has 0 radical (unpaired) electrons. The Morgan fingerprint density at radius 3 is 2.59 bits per heavy atom. The molecule has 0 aliphatic rings. The van der Waals surface area contributed by atoms with Gasteiger partial charge in [0.25, 0.3) is 0 Å². The van der Waals surface area contributed by atoms with Crippen LogP contribution >= 0.6 is 23.2 Å². The van der Waals surface area contributed by atoms with Crippen LogP contribution in [0.15, 0.2) is 54.6 Å². The molecule has 1 aromatic heterocycles. The topological polar surface area (TPSA) is 48.0 Å². The maximum atomic E-state index is 12.1. The molecule has 0 saturated heterocycles. The Kier molecular flexibility index (Phi) is 5.53. The third-order valence-corrected chi connectivity index (χ3v) is 5.97. The van der Waals surface area contributed by atoms with E-state index in [1.807, 2.05) is 24.3 Å². The van der Waals surface area contributed by atoms with Crippen molar-refractivity contribution in [2.75, 3.05) is 0 Å². The monoisotopic (exact) mass is 424 g/mol. The van der Waals surface area contributed by atoms with Crippen molar-refractivity contribution in [3.63, 3.8) is 0 Å². The van der Waals surface area contributed by atoms with Crippen LogP contribution in [0, 0.1) is 0 Å². The van der Waals surface area contributed by atoms with Crippen LogP contribution in [0.25, 0.3) is 21.8 Å². The first kappa shape index (κ1) is 19.8. The summed E-state index contributed by atoms with van der Waals surface area (Å²) in [6.07, 6.45) is 3.31. The van der Waals surface area contributed by atoms with Crippen LogP contribution < -0.4 is 5.73 Å². The minimum atomic E-state index is -0.422. The molecular formula is C24H22Cl2N2O. The number of rotatable bonds is 6. The molecule has 1 amide bonds. The van der Waals surface area contributed by atoms with Gasteiger partial charge in [0, 0.05) is 38.4 Å². The Hall–Kier alpha value is -2.49. The number of nitrogens with zero attached hydrogens (tertiary/aromatic N) is 1. The first-order valence-corrected chi connectivity index (χ1v) is 10.5. The summed E-state index contributed by atoms with van der Waals surface area (Å²) in [6, 6.07) is 17.7. The highest BCUT2D eigenvalue weighted by Crippen LogP contribution is 2.34. The summed E-state index contributed by atoms with van der Waals surface area (Å²) in [4.78, 5) is 12.1. The standard InChI is InChI=1S/C24H22Cl2N2O/c1-2-3-5-15-8-11-18-22(12-15)28(14-16-9-10-17(25)13-20(16)26)21-7-4-6-19(23(18)21)24(27)29/h4,6-13H,2-3,5,14H2,1H3,(H2,27,29). The van der Waals surface area contributed by atoms with Crippen molar-refractivity contribution in [1.29, 1.82) is 0 Å². The van der Waals surface area contributed by atoms with Crippen molar-refractivity contribution in [3.05, 3.63) is 81.3 Å². The molecule has 0 unspecified atom stereocenters. The molecule has 4 rings (SSSR count).